The maximum Gasteiger partial charge on any atom is 0.303 e. The van der Waals surface area contributed by atoms with Gasteiger partial charge in [-0.1, -0.05) is 0 Å². The molecule has 1 fully saturated rings. The second-order valence-corrected chi connectivity index (χ2v) is 5.65. The number of hydrogen-bond acceptors (Lipinski definition) is 7. The van der Waals surface area contributed by atoms with Crippen molar-refractivity contribution in [3.05, 3.63) is 0 Å². The highest BCUT2D eigenvalue weighted by atomic mass is 16.6. The molecule has 0 aliphatic carbocycles. The highest BCUT2D eigenvalue weighted by molar-refractivity contribution is 5.70. The summed E-state index contributed by atoms with van der Waals surface area (Å²) in [6.45, 7) is 0.771. The van der Waals surface area contributed by atoms with Crippen LogP contribution in [0.3, 0.4) is 0 Å². The second kappa shape index (κ2) is 8.60. The normalized spacial score (nSPS) is 29.7. The molecule has 1 aliphatic rings. The molecule has 1 saturated heterocycles. The van der Waals surface area contributed by atoms with Gasteiger partial charge >= 0.3 is 23.9 Å². The smallest absolute Gasteiger partial charge is 0.303 e. The Balaban J connectivity index is 3.11. The molecule has 5 atom stereocenters. The summed E-state index contributed by atoms with van der Waals surface area (Å²) in [6.07, 6.45) is -4.26. The van der Waals surface area contributed by atoms with Crippen LogP contribution in [0, 0.1) is 17.8 Å². The number of carbonyl (C=O) groups excluding carboxylic acids is 1. The molecule has 0 bridgehead atoms. The summed E-state index contributed by atoms with van der Waals surface area (Å²) in [5, 5.41) is 37.1. The molecule has 0 aromatic heterocycles. The minimum absolute atomic E-state index is 0.361. The van der Waals surface area contributed by atoms with E-state index in [0.717, 1.165) is 6.92 Å². The molecule has 24 heavy (non-hydrogen) atoms. The number of carboxylic acids is 3. The van der Waals surface area contributed by atoms with Gasteiger partial charge in [-0.15, -0.1) is 0 Å². The lowest BCUT2D eigenvalue weighted by atomic mass is 9.71. The topological polar surface area (TPSA) is 168 Å². The number of aliphatic carboxylic acids is 3. The van der Waals surface area contributed by atoms with Gasteiger partial charge < -0.3 is 29.9 Å². The molecule has 10 nitrogen and oxygen atoms in total. The van der Waals surface area contributed by atoms with Gasteiger partial charge in [0.1, 0.15) is 6.61 Å². The Labute approximate surface area is 137 Å². The Morgan fingerprint density at radius 3 is 1.79 bits per heavy atom. The molecule has 4 N–H and O–H groups in total. The van der Waals surface area contributed by atoms with Crippen molar-refractivity contribution in [2.75, 3.05) is 6.61 Å². The average molecular weight is 348 g/mol. The monoisotopic (exact) mass is 348 g/mol. The van der Waals surface area contributed by atoms with Crippen molar-refractivity contribution in [1.82, 2.24) is 0 Å². The first-order valence-electron chi connectivity index (χ1n) is 7.24. The molecule has 136 valence electrons. The van der Waals surface area contributed by atoms with Crippen LogP contribution in [0.5, 0.6) is 0 Å². The number of carboxylic acid groups (broad SMARTS) is 3. The highest BCUT2D eigenvalue weighted by Crippen LogP contribution is 2.40. The van der Waals surface area contributed by atoms with Crippen LogP contribution in [-0.2, 0) is 28.7 Å². The first kappa shape index (κ1) is 19.8. The van der Waals surface area contributed by atoms with E-state index in [4.69, 9.17) is 24.8 Å². The largest absolute Gasteiger partial charge is 0.481 e. The number of esters is 1. The van der Waals surface area contributed by atoms with Crippen LogP contribution in [0.2, 0.25) is 0 Å². The van der Waals surface area contributed by atoms with Gasteiger partial charge in [-0.3, -0.25) is 19.2 Å². The van der Waals surface area contributed by atoms with Crippen molar-refractivity contribution in [2.45, 2.75) is 38.6 Å². The summed E-state index contributed by atoms with van der Waals surface area (Å²) in [7, 11) is 0. The fraction of sp³-hybridized carbons (Fsp3) is 0.714. The van der Waals surface area contributed by atoms with Crippen molar-refractivity contribution in [3.8, 4) is 0 Å². The van der Waals surface area contributed by atoms with Gasteiger partial charge in [0, 0.05) is 25.2 Å². The van der Waals surface area contributed by atoms with E-state index in [-0.39, 0.29) is 6.61 Å². The minimum Gasteiger partial charge on any atom is -0.481 e. The number of carbonyl (C=O) groups is 4. The van der Waals surface area contributed by atoms with Crippen molar-refractivity contribution in [2.24, 2.45) is 17.8 Å². The Hall–Kier alpha value is -2.20. The molecule has 0 saturated carbocycles. The molecule has 10 heteroatoms. The maximum absolute atomic E-state index is 11.1. The van der Waals surface area contributed by atoms with Crippen LogP contribution >= 0.6 is 0 Å². The molecular formula is C14H20O10. The predicted molar refractivity (Wildman–Crippen MR) is 74.7 cm³/mol. The van der Waals surface area contributed by atoms with Crippen molar-refractivity contribution in [1.29, 1.82) is 0 Å². The zero-order valence-corrected chi connectivity index (χ0v) is 13.0. The van der Waals surface area contributed by atoms with Gasteiger partial charge in [-0.05, 0) is 5.92 Å². The lowest BCUT2D eigenvalue weighted by molar-refractivity contribution is -0.247. The number of aliphatic hydroxyl groups is 1. The Bertz CT molecular complexity index is 502. The summed E-state index contributed by atoms with van der Waals surface area (Å²) in [4.78, 5) is 44.1. The fourth-order valence-electron chi connectivity index (χ4n) is 2.99. The third-order valence-electron chi connectivity index (χ3n) is 3.94. The lowest BCUT2D eigenvalue weighted by Crippen LogP contribution is -2.51. The number of ether oxygens (including phenoxy) is 2. The van der Waals surface area contributed by atoms with Crippen LogP contribution in [0.15, 0.2) is 0 Å². The van der Waals surface area contributed by atoms with E-state index in [2.05, 4.69) is 0 Å². The molecule has 0 aromatic carbocycles. The zero-order valence-electron chi connectivity index (χ0n) is 13.0. The first-order chi connectivity index (χ1) is 11.1. The number of aliphatic hydroxyl groups excluding tert-OH is 1. The summed E-state index contributed by atoms with van der Waals surface area (Å²) in [6, 6.07) is 0. The van der Waals surface area contributed by atoms with Crippen molar-refractivity contribution in [3.63, 3.8) is 0 Å². The molecule has 1 rings (SSSR count). The Morgan fingerprint density at radius 1 is 0.875 bits per heavy atom. The quantitative estimate of drug-likeness (QED) is 0.421. The summed E-state index contributed by atoms with van der Waals surface area (Å²) in [5.74, 6) is -7.39. The summed E-state index contributed by atoms with van der Waals surface area (Å²) in [5.41, 5.74) is 0. The third-order valence-corrected chi connectivity index (χ3v) is 3.94. The van der Waals surface area contributed by atoms with E-state index in [1.165, 1.54) is 0 Å². The molecule has 1 unspecified atom stereocenters. The van der Waals surface area contributed by atoms with E-state index >= 15 is 0 Å². The van der Waals surface area contributed by atoms with E-state index < -0.39 is 73.3 Å². The van der Waals surface area contributed by atoms with Gasteiger partial charge in [-0.2, -0.15) is 0 Å². The zero-order chi connectivity index (χ0) is 18.4. The summed E-state index contributed by atoms with van der Waals surface area (Å²) >= 11 is 0. The number of rotatable bonds is 8. The van der Waals surface area contributed by atoms with Crippen LogP contribution in [0.4, 0.5) is 0 Å². The second-order valence-electron chi connectivity index (χ2n) is 5.65. The molecular weight excluding hydrogens is 328 g/mol. The van der Waals surface area contributed by atoms with Gasteiger partial charge in [0.25, 0.3) is 0 Å². The van der Waals surface area contributed by atoms with E-state index in [9.17, 15) is 24.3 Å². The van der Waals surface area contributed by atoms with Crippen LogP contribution < -0.4 is 0 Å². The van der Waals surface area contributed by atoms with Crippen LogP contribution in [-0.4, -0.2) is 63.3 Å². The van der Waals surface area contributed by atoms with E-state index in [1.54, 1.807) is 0 Å². The first-order valence-corrected chi connectivity index (χ1v) is 7.24. The van der Waals surface area contributed by atoms with Gasteiger partial charge in [-0.25, -0.2) is 0 Å². The maximum atomic E-state index is 11.1. The molecule has 0 aromatic rings. The molecule has 0 spiro atoms. The Kier molecular flexibility index (Phi) is 7.11. The molecule has 1 heterocycles. The average Bonchev–Trinajstić information content (AvgIpc) is 2.42. The SMILES string of the molecule is CC(=O)OC[C@@H]1OC(O)[C@H](CC(=O)O)[C@@H](CC(=O)O)[C@H]1CC(=O)O. The van der Waals surface area contributed by atoms with Gasteiger partial charge in [0.15, 0.2) is 6.29 Å². The van der Waals surface area contributed by atoms with Crippen LogP contribution in [0.25, 0.3) is 0 Å². The standard InChI is InChI=1S/C14H20O10/c1-6(15)23-5-10-8(3-12(18)19)7(2-11(16)17)9(4-13(20)21)14(22)24-10/h7-10,14,22H,2-5H2,1H3,(H,16,17)(H,18,19)(H,20,21)/t7-,8+,9+,10-,14?/m0/s1. The molecule has 0 amide bonds. The van der Waals surface area contributed by atoms with E-state index in [0.29, 0.717) is 0 Å². The van der Waals surface area contributed by atoms with Crippen molar-refractivity contribution < 1.29 is 49.1 Å². The predicted octanol–water partition coefficient (Wildman–Crippen LogP) is -0.461. The molecule has 1 aliphatic heterocycles. The highest BCUT2D eigenvalue weighted by Gasteiger charge is 2.47. The van der Waals surface area contributed by atoms with Crippen molar-refractivity contribution >= 4 is 23.9 Å². The fourth-order valence-corrected chi connectivity index (χ4v) is 2.99. The Morgan fingerprint density at radius 2 is 1.33 bits per heavy atom. The summed E-state index contributed by atoms with van der Waals surface area (Å²) < 4.78 is 10.0. The number of hydrogen-bond donors (Lipinski definition) is 4. The van der Waals surface area contributed by atoms with Gasteiger partial charge in [0.2, 0.25) is 0 Å². The third kappa shape index (κ3) is 5.78. The minimum atomic E-state index is -1.60. The van der Waals surface area contributed by atoms with Gasteiger partial charge in [0.05, 0.1) is 18.9 Å². The van der Waals surface area contributed by atoms with E-state index in [1.807, 2.05) is 0 Å². The van der Waals surface area contributed by atoms with Crippen LogP contribution in [0.1, 0.15) is 26.2 Å². The molecule has 0 radical (unpaired) electrons. The lowest BCUT2D eigenvalue weighted by Gasteiger charge is -2.44.